The first-order chi connectivity index (χ1) is 20.9. The first kappa shape index (κ1) is 27.6. The van der Waals surface area contributed by atoms with Crippen LogP contribution >= 0.6 is 0 Å². The summed E-state index contributed by atoms with van der Waals surface area (Å²) in [7, 11) is 0. The molecule has 0 saturated carbocycles. The minimum Gasteiger partial charge on any atom is -0.446 e. The van der Waals surface area contributed by atoms with Crippen molar-refractivity contribution in [2.75, 3.05) is 6.54 Å². The van der Waals surface area contributed by atoms with Gasteiger partial charge in [-0.05, 0) is 32.7 Å². The Morgan fingerprint density at radius 1 is 0.698 bits per heavy atom. The minimum absolute atomic E-state index is 0.000179. The smallest absolute Gasteiger partial charge is 0.273 e. The van der Waals surface area contributed by atoms with Crippen molar-refractivity contribution < 1.29 is 36.5 Å². The van der Waals surface area contributed by atoms with Crippen molar-refractivity contribution in [3.05, 3.63) is 42.9 Å². The molecule has 6 rings (SSSR count). The number of carbonyl (C=O) groups excluding carboxylic acids is 3. The van der Waals surface area contributed by atoms with Crippen LogP contribution < -0.4 is 21.7 Å². The number of rotatable bonds is 4. The lowest BCUT2D eigenvalue weighted by Gasteiger charge is -2.21. The van der Waals surface area contributed by atoms with E-state index < -0.39 is 29.8 Å². The molecular weight excluding hydrogens is 566 g/mol. The predicted molar refractivity (Wildman–Crippen MR) is 142 cm³/mol. The number of hydrogen-bond donors (Lipinski definition) is 4. The molecule has 2 atom stereocenters. The zero-order chi connectivity index (χ0) is 29.9. The minimum atomic E-state index is -1.01. The van der Waals surface area contributed by atoms with Crippen molar-refractivity contribution in [3.8, 4) is 46.3 Å². The van der Waals surface area contributed by atoms with Crippen LogP contribution in [-0.4, -0.2) is 61.3 Å². The molecule has 17 heteroatoms. The second-order valence-electron chi connectivity index (χ2n) is 9.54. The number of nitrogens with two attached hydrogens (primary N) is 1. The van der Waals surface area contributed by atoms with E-state index in [9.17, 15) is 14.4 Å². The number of nitrogens with zero attached hydrogens (tertiary/aromatic N) is 5. The van der Waals surface area contributed by atoms with Crippen molar-refractivity contribution in [1.82, 2.24) is 40.9 Å². The van der Waals surface area contributed by atoms with Crippen LogP contribution in [-0.2, 0) is 16.1 Å². The van der Waals surface area contributed by atoms with E-state index in [1.807, 2.05) is 0 Å². The first-order valence-electron chi connectivity index (χ1n) is 13.2. The van der Waals surface area contributed by atoms with Gasteiger partial charge in [-0.3, -0.25) is 14.4 Å². The second-order valence-corrected chi connectivity index (χ2v) is 9.54. The van der Waals surface area contributed by atoms with E-state index in [-0.39, 0.29) is 64.5 Å². The Labute approximate surface area is 241 Å². The van der Waals surface area contributed by atoms with Gasteiger partial charge >= 0.3 is 0 Å². The molecule has 5 N–H and O–H groups in total. The quantitative estimate of drug-likeness (QED) is 0.217. The average molecular weight is 592 g/mol. The third-order valence-corrected chi connectivity index (χ3v) is 6.41. The maximum atomic E-state index is 13.0. The Morgan fingerprint density at radius 3 is 1.79 bits per heavy atom. The van der Waals surface area contributed by atoms with Crippen LogP contribution in [0.3, 0.4) is 0 Å². The summed E-state index contributed by atoms with van der Waals surface area (Å²) >= 11 is 0. The maximum Gasteiger partial charge on any atom is 0.273 e. The van der Waals surface area contributed by atoms with Gasteiger partial charge < -0.3 is 43.8 Å². The van der Waals surface area contributed by atoms with Crippen LogP contribution in [0.2, 0.25) is 0 Å². The van der Waals surface area contributed by atoms with Crippen LogP contribution in [0.5, 0.6) is 0 Å². The van der Waals surface area contributed by atoms with Crippen molar-refractivity contribution in [3.63, 3.8) is 0 Å². The van der Waals surface area contributed by atoms with Gasteiger partial charge in [0.05, 0.1) is 6.54 Å². The summed E-state index contributed by atoms with van der Waals surface area (Å²) in [5, 5.41) is 7.95. The van der Waals surface area contributed by atoms with Gasteiger partial charge in [0.1, 0.15) is 43.4 Å². The Bertz CT molecular complexity index is 1760. The van der Waals surface area contributed by atoms with Crippen LogP contribution in [0.1, 0.15) is 42.6 Å². The van der Waals surface area contributed by atoms with Gasteiger partial charge in [-0.25, -0.2) is 24.9 Å². The van der Waals surface area contributed by atoms with E-state index in [2.05, 4.69) is 40.9 Å². The van der Waals surface area contributed by atoms with Crippen molar-refractivity contribution in [2.45, 2.75) is 44.8 Å². The molecule has 5 aromatic heterocycles. The zero-order valence-corrected chi connectivity index (χ0v) is 22.7. The molecule has 0 saturated heterocycles. The number of aromatic nitrogens is 5. The predicted octanol–water partition coefficient (Wildman–Crippen LogP) is 1.66. The standard InChI is InChI=1S/C26H25N9O8/c1-12-20(36)31-13(4-2-3-5-27)21(37)28-6-19-30-15(8-39-19)23-33-17(10-41-23)25-35-18(11-43-25)26-34-16(9-42-26)24-32-14(7-40-24)22(38)29-12/h7-13H,2-6,27H2,1H3,(H,28,37)(H,29,38)(H,31,36). The second kappa shape index (κ2) is 11.7. The normalized spacial score (nSPS) is 17.6. The van der Waals surface area contributed by atoms with E-state index in [0.717, 1.165) is 6.26 Å². The highest BCUT2D eigenvalue weighted by atomic mass is 16.4. The highest BCUT2D eigenvalue weighted by Gasteiger charge is 2.26. The number of amides is 3. The van der Waals surface area contributed by atoms with Crippen LogP contribution in [0.25, 0.3) is 46.3 Å². The summed E-state index contributed by atoms with van der Waals surface area (Å²) in [6.07, 6.45) is 7.94. The Morgan fingerprint density at radius 2 is 1.21 bits per heavy atom. The lowest BCUT2D eigenvalue weighted by atomic mass is 10.1. The molecular formula is C26H25N9O8. The zero-order valence-electron chi connectivity index (χ0n) is 22.7. The van der Waals surface area contributed by atoms with E-state index in [0.29, 0.717) is 25.8 Å². The molecule has 0 aliphatic carbocycles. The van der Waals surface area contributed by atoms with Gasteiger partial charge in [0.2, 0.25) is 41.3 Å². The van der Waals surface area contributed by atoms with Gasteiger partial charge in [0.15, 0.2) is 28.5 Å². The average Bonchev–Trinajstić information content (AvgIpc) is 3.83. The summed E-state index contributed by atoms with van der Waals surface area (Å²) < 4.78 is 27.4. The topological polar surface area (TPSA) is 243 Å². The van der Waals surface area contributed by atoms with Gasteiger partial charge in [-0.2, -0.15) is 0 Å². The monoisotopic (exact) mass is 591 g/mol. The molecule has 0 fully saturated rings. The number of oxazole rings is 5. The summed E-state index contributed by atoms with van der Waals surface area (Å²) in [4.78, 5) is 60.3. The van der Waals surface area contributed by atoms with Crippen LogP contribution in [0.4, 0.5) is 0 Å². The molecule has 1 aliphatic heterocycles. The van der Waals surface area contributed by atoms with Gasteiger partial charge in [0, 0.05) is 0 Å². The largest absolute Gasteiger partial charge is 0.446 e. The van der Waals surface area contributed by atoms with E-state index in [1.54, 1.807) is 0 Å². The van der Waals surface area contributed by atoms with Gasteiger partial charge in [-0.1, -0.05) is 0 Å². The molecule has 10 bridgehead atoms. The highest BCUT2D eigenvalue weighted by Crippen LogP contribution is 2.28. The van der Waals surface area contributed by atoms with Crippen LogP contribution in [0.15, 0.2) is 53.4 Å². The molecule has 3 amide bonds. The molecule has 6 heterocycles. The molecule has 1 aliphatic rings. The molecule has 2 unspecified atom stereocenters. The van der Waals surface area contributed by atoms with Crippen molar-refractivity contribution in [2.24, 2.45) is 5.73 Å². The fraction of sp³-hybridized carbons (Fsp3) is 0.308. The van der Waals surface area contributed by atoms with E-state index >= 15 is 0 Å². The third-order valence-electron chi connectivity index (χ3n) is 6.41. The highest BCUT2D eigenvalue weighted by molar-refractivity contribution is 5.97. The lowest BCUT2D eigenvalue weighted by Crippen LogP contribution is -2.52. The molecule has 17 nitrogen and oxygen atoms in total. The summed E-state index contributed by atoms with van der Waals surface area (Å²) in [6, 6.07) is -1.92. The lowest BCUT2D eigenvalue weighted by molar-refractivity contribution is -0.130. The fourth-order valence-electron chi connectivity index (χ4n) is 4.14. The summed E-state index contributed by atoms with van der Waals surface area (Å²) in [5.41, 5.74) is 6.50. The molecule has 0 spiro atoms. The number of unbranched alkanes of at least 4 members (excludes halogenated alkanes) is 1. The molecule has 5 aromatic rings. The van der Waals surface area contributed by atoms with Gasteiger partial charge in [0.25, 0.3) is 5.91 Å². The SMILES string of the molecule is CC1NC(=O)c2coc(n2)-c2coc(n2)-c2coc(n2)-c2coc(n2)-c2coc(n2)CNC(=O)C(CCCCN)NC1=O. The molecule has 43 heavy (non-hydrogen) atoms. The van der Waals surface area contributed by atoms with E-state index in [4.69, 9.17) is 27.8 Å². The Balaban J connectivity index is 1.30. The molecule has 0 aromatic carbocycles. The molecule has 0 radical (unpaired) electrons. The van der Waals surface area contributed by atoms with Crippen molar-refractivity contribution >= 4 is 17.7 Å². The number of hydrogen-bond acceptors (Lipinski definition) is 14. The number of nitrogens with one attached hydrogen (secondary N) is 3. The summed E-state index contributed by atoms with van der Waals surface area (Å²) in [6.45, 7) is 1.84. The molecule has 222 valence electrons. The van der Waals surface area contributed by atoms with Crippen LogP contribution in [0, 0.1) is 0 Å². The number of fused-ring (bicyclic) bond motifs is 14. The van der Waals surface area contributed by atoms with Gasteiger partial charge in [-0.15, -0.1) is 0 Å². The van der Waals surface area contributed by atoms with Crippen molar-refractivity contribution in [1.29, 1.82) is 0 Å². The summed E-state index contributed by atoms with van der Waals surface area (Å²) in [5.74, 6) is -1.19. The maximum absolute atomic E-state index is 13.0. The number of carbonyl (C=O) groups is 3. The Kier molecular flexibility index (Phi) is 7.52. The third kappa shape index (κ3) is 5.91. The Hall–Kier alpha value is -5.58. The van der Waals surface area contributed by atoms with E-state index in [1.165, 1.54) is 32.0 Å². The first-order valence-corrected chi connectivity index (χ1v) is 13.2. The fourth-order valence-corrected chi connectivity index (χ4v) is 4.14.